The summed E-state index contributed by atoms with van der Waals surface area (Å²) in [5.74, 6) is 0. The van der Waals surface area contributed by atoms with Crippen molar-refractivity contribution >= 4 is 27.5 Å². The van der Waals surface area contributed by atoms with Gasteiger partial charge in [-0.1, -0.05) is 35.0 Å². The van der Waals surface area contributed by atoms with E-state index in [9.17, 15) is 0 Å². The molecule has 106 valence electrons. The number of nitrogens with zero attached hydrogens (tertiary/aromatic N) is 3. The van der Waals surface area contributed by atoms with Crippen LogP contribution in [-0.2, 0) is 6.61 Å². The molecule has 0 spiro atoms. The number of aromatic nitrogens is 3. The first-order chi connectivity index (χ1) is 9.67. The van der Waals surface area contributed by atoms with Gasteiger partial charge in [0, 0.05) is 4.47 Å². The average molecular weight is 359 g/mol. The van der Waals surface area contributed by atoms with Gasteiger partial charge in [-0.05, 0) is 35.7 Å². The standard InChI is InChI=1S/C13H13BrClN3O2/c1-2-7-19-12-16-11(15)17-13(18-12)20-8-9-3-5-10(14)6-4-9/h3-6H,2,7-8H2,1H3. The van der Waals surface area contributed by atoms with E-state index in [0.29, 0.717) is 13.2 Å². The molecule has 2 rings (SSSR count). The van der Waals surface area contributed by atoms with Crippen LogP contribution in [-0.4, -0.2) is 21.6 Å². The second-order valence-corrected chi connectivity index (χ2v) is 5.19. The summed E-state index contributed by atoms with van der Waals surface area (Å²) >= 11 is 9.18. The van der Waals surface area contributed by atoms with E-state index in [-0.39, 0.29) is 17.3 Å². The fraction of sp³-hybridized carbons (Fsp3) is 0.308. The quantitative estimate of drug-likeness (QED) is 0.789. The smallest absolute Gasteiger partial charge is 0.324 e. The Morgan fingerprint density at radius 2 is 1.70 bits per heavy atom. The van der Waals surface area contributed by atoms with Crippen molar-refractivity contribution in [2.45, 2.75) is 20.0 Å². The topological polar surface area (TPSA) is 57.1 Å². The SMILES string of the molecule is CCCOc1nc(Cl)nc(OCc2ccc(Br)cc2)n1. The van der Waals surface area contributed by atoms with Crippen LogP contribution in [0.4, 0.5) is 0 Å². The lowest BCUT2D eigenvalue weighted by Gasteiger charge is -2.07. The van der Waals surface area contributed by atoms with Crippen molar-refractivity contribution in [1.29, 1.82) is 0 Å². The van der Waals surface area contributed by atoms with Gasteiger partial charge in [0.2, 0.25) is 5.28 Å². The molecule has 7 heteroatoms. The molecule has 2 aromatic rings. The highest BCUT2D eigenvalue weighted by molar-refractivity contribution is 9.10. The Labute approximate surface area is 130 Å². The molecule has 0 aliphatic rings. The Kier molecular flexibility index (Phi) is 5.55. The van der Waals surface area contributed by atoms with Crippen LogP contribution in [0.2, 0.25) is 5.28 Å². The van der Waals surface area contributed by atoms with Crippen molar-refractivity contribution in [3.05, 3.63) is 39.6 Å². The van der Waals surface area contributed by atoms with Crippen LogP contribution < -0.4 is 9.47 Å². The van der Waals surface area contributed by atoms with Gasteiger partial charge >= 0.3 is 12.0 Å². The number of rotatable bonds is 6. The first kappa shape index (κ1) is 15.0. The third kappa shape index (κ3) is 4.61. The first-order valence-electron chi connectivity index (χ1n) is 6.09. The molecule has 1 heterocycles. The summed E-state index contributed by atoms with van der Waals surface area (Å²) in [5.41, 5.74) is 1.00. The molecule has 0 aliphatic heterocycles. The van der Waals surface area contributed by atoms with Crippen LogP contribution in [0, 0.1) is 0 Å². The van der Waals surface area contributed by atoms with Crippen LogP contribution in [0.5, 0.6) is 12.0 Å². The molecule has 0 amide bonds. The summed E-state index contributed by atoms with van der Waals surface area (Å²) in [6.45, 7) is 2.86. The maximum Gasteiger partial charge on any atom is 0.324 e. The van der Waals surface area contributed by atoms with E-state index in [4.69, 9.17) is 21.1 Å². The summed E-state index contributed by atoms with van der Waals surface area (Å²) in [5, 5.41) is 0.0527. The zero-order chi connectivity index (χ0) is 14.4. The van der Waals surface area contributed by atoms with Crippen LogP contribution in [0.15, 0.2) is 28.7 Å². The zero-order valence-corrected chi connectivity index (χ0v) is 13.2. The monoisotopic (exact) mass is 357 g/mol. The lowest BCUT2D eigenvalue weighted by atomic mass is 10.2. The number of hydrogen-bond acceptors (Lipinski definition) is 5. The van der Waals surface area contributed by atoms with Gasteiger partial charge in [0.15, 0.2) is 0 Å². The number of benzene rings is 1. The van der Waals surface area contributed by atoms with Crippen LogP contribution in [0.25, 0.3) is 0 Å². The highest BCUT2D eigenvalue weighted by Crippen LogP contribution is 2.16. The van der Waals surface area contributed by atoms with Crippen molar-refractivity contribution in [3.63, 3.8) is 0 Å². The van der Waals surface area contributed by atoms with Crippen molar-refractivity contribution in [2.75, 3.05) is 6.61 Å². The average Bonchev–Trinajstić information content (AvgIpc) is 2.44. The summed E-state index contributed by atoms with van der Waals surface area (Å²) in [6, 6.07) is 8.10. The molecule has 0 saturated heterocycles. The summed E-state index contributed by atoms with van der Waals surface area (Å²) in [7, 11) is 0. The van der Waals surface area contributed by atoms with Crippen molar-refractivity contribution in [2.24, 2.45) is 0 Å². The zero-order valence-electron chi connectivity index (χ0n) is 10.8. The minimum atomic E-state index is 0.0527. The third-order valence-electron chi connectivity index (χ3n) is 2.28. The van der Waals surface area contributed by atoms with E-state index < -0.39 is 0 Å². The molecular weight excluding hydrogens is 346 g/mol. The summed E-state index contributed by atoms with van der Waals surface area (Å²) in [4.78, 5) is 11.8. The van der Waals surface area contributed by atoms with Gasteiger partial charge in [0.05, 0.1) is 6.61 Å². The molecule has 0 unspecified atom stereocenters. The van der Waals surface area contributed by atoms with Crippen molar-refractivity contribution in [3.8, 4) is 12.0 Å². The van der Waals surface area contributed by atoms with Gasteiger partial charge in [-0.25, -0.2) is 0 Å². The molecule has 20 heavy (non-hydrogen) atoms. The number of halogens is 2. The highest BCUT2D eigenvalue weighted by atomic mass is 79.9. The lowest BCUT2D eigenvalue weighted by molar-refractivity contribution is 0.255. The summed E-state index contributed by atoms with van der Waals surface area (Å²) < 4.78 is 11.8. The van der Waals surface area contributed by atoms with Crippen LogP contribution >= 0.6 is 27.5 Å². The van der Waals surface area contributed by atoms with E-state index in [1.54, 1.807) is 0 Å². The third-order valence-corrected chi connectivity index (χ3v) is 2.98. The van der Waals surface area contributed by atoms with E-state index >= 15 is 0 Å². The molecule has 1 aromatic heterocycles. The molecule has 0 fully saturated rings. The fourth-order valence-corrected chi connectivity index (χ4v) is 1.77. The van der Waals surface area contributed by atoms with Gasteiger partial charge in [-0.15, -0.1) is 4.98 Å². The second-order valence-electron chi connectivity index (χ2n) is 3.93. The molecule has 0 aliphatic carbocycles. The first-order valence-corrected chi connectivity index (χ1v) is 7.26. The van der Waals surface area contributed by atoms with Crippen molar-refractivity contribution in [1.82, 2.24) is 15.0 Å². The largest absolute Gasteiger partial charge is 0.463 e. The van der Waals surface area contributed by atoms with Gasteiger partial charge < -0.3 is 9.47 Å². The molecule has 0 N–H and O–H groups in total. The van der Waals surface area contributed by atoms with E-state index in [2.05, 4.69) is 30.9 Å². The molecule has 5 nitrogen and oxygen atoms in total. The molecule has 0 atom stereocenters. The maximum absolute atomic E-state index is 5.80. The Hall–Kier alpha value is -1.40. The van der Waals surface area contributed by atoms with Gasteiger partial charge in [0.1, 0.15) is 6.61 Å². The molecule has 0 saturated carbocycles. The van der Waals surface area contributed by atoms with E-state index in [1.807, 2.05) is 31.2 Å². The Morgan fingerprint density at radius 3 is 2.35 bits per heavy atom. The maximum atomic E-state index is 5.80. The minimum absolute atomic E-state index is 0.0527. The normalized spacial score (nSPS) is 10.3. The molecule has 0 radical (unpaired) electrons. The van der Waals surface area contributed by atoms with E-state index in [1.165, 1.54) is 0 Å². The Bertz CT molecular complexity index is 566. The highest BCUT2D eigenvalue weighted by Gasteiger charge is 2.07. The molecule has 1 aromatic carbocycles. The van der Waals surface area contributed by atoms with Gasteiger partial charge in [-0.2, -0.15) is 9.97 Å². The van der Waals surface area contributed by atoms with Gasteiger partial charge in [-0.3, -0.25) is 0 Å². The lowest BCUT2D eigenvalue weighted by Crippen LogP contribution is -2.05. The Balaban J connectivity index is 2.01. The second kappa shape index (κ2) is 7.40. The molecular formula is C13H13BrClN3O2. The number of hydrogen-bond donors (Lipinski definition) is 0. The predicted octanol–water partition coefficient (Wildman–Crippen LogP) is 3.66. The Morgan fingerprint density at radius 1 is 1.05 bits per heavy atom. The summed E-state index contributed by atoms with van der Waals surface area (Å²) in [6.07, 6.45) is 0.860. The number of ether oxygens (including phenoxy) is 2. The minimum Gasteiger partial charge on any atom is -0.463 e. The molecule has 0 bridgehead atoms. The van der Waals surface area contributed by atoms with Crippen LogP contribution in [0.3, 0.4) is 0 Å². The predicted molar refractivity (Wildman–Crippen MR) is 79.1 cm³/mol. The van der Waals surface area contributed by atoms with Gasteiger partial charge in [0.25, 0.3) is 0 Å². The van der Waals surface area contributed by atoms with Crippen molar-refractivity contribution < 1.29 is 9.47 Å². The fourth-order valence-electron chi connectivity index (χ4n) is 1.37. The van der Waals surface area contributed by atoms with Crippen LogP contribution in [0.1, 0.15) is 18.9 Å². The van der Waals surface area contributed by atoms with E-state index in [0.717, 1.165) is 16.5 Å².